The van der Waals surface area contributed by atoms with Crippen molar-refractivity contribution in [2.75, 3.05) is 5.73 Å². The fourth-order valence-corrected chi connectivity index (χ4v) is 2.42. The first-order valence-corrected chi connectivity index (χ1v) is 7.68. The van der Waals surface area contributed by atoms with Gasteiger partial charge in [-0.15, -0.1) is 0 Å². The van der Waals surface area contributed by atoms with E-state index in [9.17, 15) is 4.79 Å². The lowest BCUT2D eigenvalue weighted by atomic mass is 9.99. The van der Waals surface area contributed by atoms with Crippen molar-refractivity contribution in [3.63, 3.8) is 0 Å². The van der Waals surface area contributed by atoms with Gasteiger partial charge >= 0.3 is 0 Å². The number of amides is 1. The molecule has 0 bridgehead atoms. The minimum absolute atomic E-state index is 0.00369. The molecule has 2 rings (SSSR count). The van der Waals surface area contributed by atoms with Crippen LogP contribution in [0.3, 0.4) is 0 Å². The van der Waals surface area contributed by atoms with Gasteiger partial charge in [-0.05, 0) is 49.2 Å². The van der Waals surface area contributed by atoms with E-state index in [1.807, 2.05) is 62.4 Å². The predicted molar refractivity (Wildman–Crippen MR) is 90.0 cm³/mol. The molecule has 2 aromatic rings. The summed E-state index contributed by atoms with van der Waals surface area (Å²) in [6.07, 6.45) is 0. The summed E-state index contributed by atoms with van der Waals surface area (Å²) in [5, 5.41) is 3.04. The third-order valence-electron chi connectivity index (χ3n) is 3.53. The van der Waals surface area contributed by atoms with Gasteiger partial charge in [-0.3, -0.25) is 4.79 Å². The molecule has 2 aromatic carbocycles. The van der Waals surface area contributed by atoms with Gasteiger partial charge in [-0.2, -0.15) is 0 Å². The Morgan fingerprint density at radius 1 is 1.10 bits per heavy atom. The number of nitrogens with two attached hydrogens (primary N) is 1. The Balaban J connectivity index is 2.05. The Hall–Kier alpha value is -1.81. The van der Waals surface area contributed by atoms with Gasteiger partial charge in [0.2, 0.25) is 5.91 Å². The summed E-state index contributed by atoms with van der Waals surface area (Å²) < 4.78 is 1.03. The number of rotatable bonds is 4. The van der Waals surface area contributed by atoms with E-state index in [4.69, 9.17) is 5.73 Å². The molecule has 21 heavy (non-hydrogen) atoms. The molecule has 0 saturated heterocycles. The molecular formula is C17H19BrN2O. The average molecular weight is 347 g/mol. The summed E-state index contributed by atoms with van der Waals surface area (Å²) in [6.45, 7) is 3.87. The number of hydrogen-bond acceptors (Lipinski definition) is 2. The third-order valence-corrected chi connectivity index (χ3v) is 4.06. The normalized spacial score (nSPS) is 13.5. The Bertz CT molecular complexity index is 625. The van der Waals surface area contributed by atoms with Crippen molar-refractivity contribution in [1.29, 1.82) is 0 Å². The fraction of sp³-hybridized carbons (Fsp3) is 0.235. The largest absolute Gasteiger partial charge is 0.399 e. The van der Waals surface area contributed by atoms with Crippen molar-refractivity contribution in [3.05, 3.63) is 64.1 Å². The molecule has 0 aliphatic carbocycles. The van der Waals surface area contributed by atoms with Crippen LogP contribution in [0, 0.1) is 0 Å². The number of carbonyl (C=O) groups is 1. The van der Waals surface area contributed by atoms with Crippen molar-refractivity contribution < 1.29 is 4.79 Å². The Labute approximate surface area is 133 Å². The molecule has 1 amide bonds. The Morgan fingerprint density at radius 2 is 1.76 bits per heavy atom. The van der Waals surface area contributed by atoms with Crippen LogP contribution in [0.15, 0.2) is 53.0 Å². The van der Waals surface area contributed by atoms with Crippen LogP contribution in [0.2, 0.25) is 0 Å². The lowest BCUT2D eigenvalue weighted by molar-refractivity contribution is -0.122. The number of nitrogens with one attached hydrogen (secondary N) is 1. The van der Waals surface area contributed by atoms with E-state index in [0.717, 1.165) is 15.6 Å². The standard InChI is InChI=1S/C17H19BrN2O/c1-11(14-4-3-5-16(19)10-14)17(21)20-12(2)13-6-8-15(18)9-7-13/h3-12H,19H2,1-2H3,(H,20,21)/t11?,12-/m1/s1. The predicted octanol–water partition coefficient (Wildman–Crippen LogP) is 4.01. The SMILES string of the molecule is CC(C(=O)N[C@H](C)c1ccc(Br)cc1)c1cccc(N)c1. The Kier molecular flexibility index (Phi) is 5.02. The maximum absolute atomic E-state index is 12.3. The summed E-state index contributed by atoms with van der Waals surface area (Å²) >= 11 is 3.41. The number of hydrogen-bond donors (Lipinski definition) is 2. The van der Waals surface area contributed by atoms with E-state index < -0.39 is 0 Å². The van der Waals surface area contributed by atoms with Gasteiger partial charge in [0.15, 0.2) is 0 Å². The van der Waals surface area contributed by atoms with Crippen LogP contribution in [0.5, 0.6) is 0 Å². The van der Waals surface area contributed by atoms with Crippen molar-refractivity contribution >= 4 is 27.5 Å². The quantitative estimate of drug-likeness (QED) is 0.821. The Morgan fingerprint density at radius 3 is 2.38 bits per heavy atom. The molecule has 0 heterocycles. The molecule has 1 unspecified atom stereocenters. The van der Waals surface area contributed by atoms with E-state index in [1.165, 1.54) is 0 Å². The maximum Gasteiger partial charge on any atom is 0.227 e. The highest BCUT2D eigenvalue weighted by Gasteiger charge is 2.18. The summed E-state index contributed by atoms with van der Waals surface area (Å²) in [4.78, 5) is 12.3. The minimum Gasteiger partial charge on any atom is -0.399 e. The molecule has 0 aliphatic heterocycles. The van der Waals surface area contributed by atoms with Gasteiger partial charge in [-0.1, -0.05) is 40.2 Å². The first-order valence-electron chi connectivity index (χ1n) is 6.88. The summed E-state index contributed by atoms with van der Waals surface area (Å²) in [5.74, 6) is -0.234. The van der Waals surface area contributed by atoms with Crippen molar-refractivity contribution in [2.45, 2.75) is 25.8 Å². The molecule has 3 N–H and O–H groups in total. The van der Waals surface area contributed by atoms with Crippen molar-refractivity contribution in [1.82, 2.24) is 5.32 Å². The molecule has 110 valence electrons. The molecule has 0 aromatic heterocycles. The van der Waals surface area contributed by atoms with E-state index in [0.29, 0.717) is 5.69 Å². The van der Waals surface area contributed by atoms with Crippen LogP contribution in [0.1, 0.15) is 36.9 Å². The van der Waals surface area contributed by atoms with Crippen LogP contribution in [0.25, 0.3) is 0 Å². The summed E-state index contributed by atoms with van der Waals surface area (Å²) in [7, 11) is 0. The monoisotopic (exact) mass is 346 g/mol. The molecule has 0 spiro atoms. The van der Waals surface area contributed by atoms with Gasteiger partial charge in [0.25, 0.3) is 0 Å². The van der Waals surface area contributed by atoms with Crippen molar-refractivity contribution in [2.24, 2.45) is 0 Å². The van der Waals surface area contributed by atoms with Gasteiger partial charge in [0.05, 0.1) is 12.0 Å². The summed E-state index contributed by atoms with van der Waals surface area (Å²) in [5.41, 5.74) is 8.44. The highest BCUT2D eigenvalue weighted by Crippen LogP contribution is 2.21. The molecule has 4 heteroatoms. The molecule has 2 atom stereocenters. The molecule has 3 nitrogen and oxygen atoms in total. The highest BCUT2D eigenvalue weighted by molar-refractivity contribution is 9.10. The fourth-order valence-electron chi connectivity index (χ4n) is 2.15. The molecule has 0 saturated carbocycles. The minimum atomic E-state index is -0.230. The van der Waals surface area contributed by atoms with Crippen LogP contribution in [0.4, 0.5) is 5.69 Å². The number of carbonyl (C=O) groups excluding carboxylic acids is 1. The average Bonchev–Trinajstić information content (AvgIpc) is 2.47. The van der Waals surface area contributed by atoms with E-state index in [-0.39, 0.29) is 17.9 Å². The van der Waals surface area contributed by atoms with E-state index >= 15 is 0 Å². The maximum atomic E-state index is 12.3. The number of anilines is 1. The zero-order chi connectivity index (χ0) is 15.4. The number of nitrogen functional groups attached to an aromatic ring is 1. The van der Waals surface area contributed by atoms with Crippen LogP contribution >= 0.6 is 15.9 Å². The van der Waals surface area contributed by atoms with E-state index in [2.05, 4.69) is 21.2 Å². The van der Waals surface area contributed by atoms with Crippen LogP contribution < -0.4 is 11.1 Å². The topological polar surface area (TPSA) is 55.1 Å². The number of benzene rings is 2. The van der Waals surface area contributed by atoms with Gasteiger partial charge in [0.1, 0.15) is 0 Å². The molecule has 0 aliphatic rings. The van der Waals surface area contributed by atoms with Crippen molar-refractivity contribution in [3.8, 4) is 0 Å². The zero-order valence-electron chi connectivity index (χ0n) is 12.1. The van der Waals surface area contributed by atoms with E-state index in [1.54, 1.807) is 0 Å². The third kappa shape index (κ3) is 4.08. The molecule has 0 fully saturated rings. The first kappa shape index (κ1) is 15.6. The molecular weight excluding hydrogens is 328 g/mol. The van der Waals surface area contributed by atoms with Gasteiger partial charge in [0, 0.05) is 10.2 Å². The summed E-state index contributed by atoms with van der Waals surface area (Å²) in [6, 6.07) is 15.4. The van der Waals surface area contributed by atoms with Crippen LogP contribution in [-0.4, -0.2) is 5.91 Å². The second-order valence-electron chi connectivity index (χ2n) is 5.17. The lowest BCUT2D eigenvalue weighted by Crippen LogP contribution is -2.30. The number of halogens is 1. The zero-order valence-corrected chi connectivity index (χ0v) is 13.7. The highest BCUT2D eigenvalue weighted by atomic mass is 79.9. The van der Waals surface area contributed by atoms with Gasteiger partial charge < -0.3 is 11.1 Å². The second kappa shape index (κ2) is 6.76. The molecule has 0 radical (unpaired) electrons. The van der Waals surface area contributed by atoms with Crippen LogP contribution in [-0.2, 0) is 4.79 Å². The first-order chi connectivity index (χ1) is 9.97. The second-order valence-corrected chi connectivity index (χ2v) is 6.09. The van der Waals surface area contributed by atoms with Gasteiger partial charge in [-0.25, -0.2) is 0 Å². The lowest BCUT2D eigenvalue weighted by Gasteiger charge is -2.18. The smallest absolute Gasteiger partial charge is 0.227 e.